The molecule has 0 amide bonds. The maximum Gasteiger partial charge on any atom is 0.280 e. The Bertz CT molecular complexity index is 1070. The van der Waals surface area contributed by atoms with Gasteiger partial charge in [0, 0.05) is 38.9 Å². The zero-order valence-corrected chi connectivity index (χ0v) is 16.6. The standard InChI is InChI=1S/C20H20F2N8/c1-13-11-29(16-3-4-17(18(21)22)24-10-16)5-6-30(13)20-14(7-23)8-25-19(27-20)15-9-26-28(2)12-15/h3-4,8-10,12-13,18H,5-6,11H2,1-2H3. The number of alkyl halides is 2. The summed E-state index contributed by atoms with van der Waals surface area (Å²) in [5, 5.41) is 13.7. The number of hydrogen-bond donors (Lipinski definition) is 0. The molecule has 0 saturated carbocycles. The fourth-order valence-corrected chi connectivity index (χ4v) is 3.57. The normalized spacial score (nSPS) is 16.7. The van der Waals surface area contributed by atoms with Crippen LogP contribution in [0.2, 0.25) is 0 Å². The van der Waals surface area contributed by atoms with Crippen LogP contribution in [-0.2, 0) is 7.05 Å². The molecule has 3 aromatic rings. The summed E-state index contributed by atoms with van der Waals surface area (Å²) in [4.78, 5) is 17.0. The van der Waals surface area contributed by atoms with E-state index in [1.54, 1.807) is 16.9 Å². The first-order valence-corrected chi connectivity index (χ1v) is 9.48. The number of pyridine rings is 1. The van der Waals surface area contributed by atoms with E-state index in [2.05, 4.69) is 35.9 Å². The Hall–Kier alpha value is -3.61. The molecule has 1 saturated heterocycles. The number of anilines is 2. The van der Waals surface area contributed by atoms with Gasteiger partial charge >= 0.3 is 0 Å². The second-order valence-electron chi connectivity index (χ2n) is 7.18. The molecule has 0 radical (unpaired) electrons. The average molecular weight is 410 g/mol. The second kappa shape index (κ2) is 8.02. The van der Waals surface area contributed by atoms with E-state index in [0.29, 0.717) is 36.8 Å². The van der Waals surface area contributed by atoms with Crippen molar-refractivity contribution < 1.29 is 8.78 Å². The van der Waals surface area contributed by atoms with Crippen molar-refractivity contribution in [3.05, 3.63) is 48.2 Å². The van der Waals surface area contributed by atoms with Gasteiger partial charge in [-0.25, -0.2) is 18.7 Å². The van der Waals surface area contributed by atoms with Gasteiger partial charge in [-0.2, -0.15) is 10.4 Å². The molecule has 1 aliphatic heterocycles. The van der Waals surface area contributed by atoms with Crippen molar-refractivity contribution in [1.82, 2.24) is 24.7 Å². The van der Waals surface area contributed by atoms with Gasteiger partial charge in [0.2, 0.25) is 0 Å². The van der Waals surface area contributed by atoms with Gasteiger partial charge < -0.3 is 9.80 Å². The van der Waals surface area contributed by atoms with Gasteiger partial charge in [0.15, 0.2) is 11.6 Å². The molecular formula is C20H20F2N8. The summed E-state index contributed by atoms with van der Waals surface area (Å²) in [5.41, 5.74) is 1.75. The SMILES string of the molecule is CC1CN(c2ccc(C(F)F)nc2)CCN1c1nc(-c2cnn(C)c2)ncc1C#N. The average Bonchev–Trinajstić information content (AvgIpc) is 3.19. The van der Waals surface area contributed by atoms with Crippen molar-refractivity contribution >= 4 is 11.5 Å². The van der Waals surface area contributed by atoms with Gasteiger partial charge in [-0.15, -0.1) is 0 Å². The molecule has 1 fully saturated rings. The van der Waals surface area contributed by atoms with Gasteiger partial charge in [0.05, 0.1) is 29.8 Å². The smallest absolute Gasteiger partial charge is 0.280 e. The first kappa shape index (κ1) is 19.7. The maximum atomic E-state index is 12.7. The third-order valence-corrected chi connectivity index (χ3v) is 5.11. The topological polar surface area (TPSA) is 86.8 Å². The first-order valence-electron chi connectivity index (χ1n) is 9.48. The summed E-state index contributed by atoms with van der Waals surface area (Å²) in [6.07, 6.45) is 3.95. The van der Waals surface area contributed by atoms with Crippen molar-refractivity contribution in [1.29, 1.82) is 5.26 Å². The molecule has 30 heavy (non-hydrogen) atoms. The largest absolute Gasteiger partial charge is 0.366 e. The van der Waals surface area contributed by atoms with Gasteiger partial charge in [-0.3, -0.25) is 9.67 Å². The molecule has 0 bridgehead atoms. The molecule has 8 nitrogen and oxygen atoms in total. The Kier molecular flexibility index (Phi) is 5.27. The van der Waals surface area contributed by atoms with Crippen LogP contribution in [0.25, 0.3) is 11.4 Å². The summed E-state index contributed by atoms with van der Waals surface area (Å²) in [7, 11) is 1.82. The van der Waals surface area contributed by atoms with E-state index in [4.69, 9.17) is 0 Å². The monoisotopic (exact) mass is 410 g/mol. The van der Waals surface area contributed by atoms with Crippen LogP contribution in [0, 0.1) is 11.3 Å². The van der Waals surface area contributed by atoms with E-state index in [1.807, 2.05) is 20.2 Å². The van der Waals surface area contributed by atoms with Gasteiger partial charge in [-0.1, -0.05) is 0 Å². The predicted octanol–water partition coefficient (Wildman–Crippen LogP) is 2.80. The summed E-state index contributed by atoms with van der Waals surface area (Å²) < 4.78 is 27.2. The summed E-state index contributed by atoms with van der Waals surface area (Å²) in [6, 6.07) is 5.24. The molecule has 0 aromatic carbocycles. The molecule has 1 aliphatic rings. The highest BCUT2D eigenvalue weighted by atomic mass is 19.3. The van der Waals surface area contributed by atoms with Crippen molar-refractivity contribution in [2.45, 2.75) is 19.4 Å². The molecule has 3 aromatic heterocycles. The quantitative estimate of drug-likeness (QED) is 0.654. The number of aromatic nitrogens is 5. The minimum Gasteiger partial charge on any atom is -0.366 e. The molecule has 154 valence electrons. The lowest BCUT2D eigenvalue weighted by Gasteiger charge is -2.41. The molecule has 1 atom stereocenters. The van der Waals surface area contributed by atoms with E-state index in [-0.39, 0.29) is 11.7 Å². The van der Waals surface area contributed by atoms with Crippen molar-refractivity contribution in [2.24, 2.45) is 7.05 Å². The number of piperazine rings is 1. The van der Waals surface area contributed by atoms with Gasteiger partial charge in [-0.05, 0) is 19.1 Å². The molecule has 4 heterocycles. The second-order valence-corrected chi connectivity index (χ2v) is 7.18. The highest BCUT2D eigenvalue weighted by Gasteiger charge is 2.28. The fraction of sp³-hybridized carbons (Fsp3) is 0.350. The lowest BCUT2D eigenvalue weighted by Crippen LogP contribution is -2.52. The predicted molar refractivity (Wildman–Crippen MR) is 107 cm³/mol. The lowest BCUT2D eigenvalue weighted by molar-refractivity contribution is 0.146. The Morgan fingerprint density at radius 2 is 2.00 bits per heavy atom. The molecule has 4 rings (SSSR count). The Labute approximate surface area is 172 Å². The van der Waals surface area contributed by atoms with Crippen LogP contribution in [0.1, 0.15) is 24.6 Å². The van der Waals surface area contributed by atoms with Crippen LogP contribution < -0.4 is 9.80 Å². The van der Waals surface area contributed by atoms with E-state index in [9.17, 15) is 14.0 Å². The third-order valence-electron chi connectivity index (χ3n) is 5.11. The molecule has 0 spiro atoms. The lowest BCUT2D eigenvalue weighted by atomic mass is 10.1. The number of nitriles is 1. The van der Waals surface area contributed by atoms with E-state index >= 15 is 0 Å². The Morgan fingerprint density at radius 1 is 1.17 bits per heavy atom. The Morgan fingerprint density at radius 3 is 2.60 bits per heavy atom. The maximum absolute atomic E-state index is 12.7. The van der Waals surface area contributed by atoms with Crippen molar-refractivity contribution in [2.75, 3.05) is 29.4 Å². The number of aryl methyl sites for hydroxylation is 1. The minimum atomic E-state index is -2.58. The zero-order chi connectivity index (χ0) is 21.3. The number of nitrogens with zero attached hydrogens (tertiary/aromatic N) is 8. The zero-order valence-electron chi connectivity index (χ0n) is 16.6. The molecule has 1 unspecified atom stereocenters. The van der Waals surface area contributed by atoms with E-state index in [0.717, 1.165) is 11.3 Å². The number of halogens is 2. The molecule has 0 N–H and O–H groups in total. The molecular weight excluding hydrogens is 390 g/mol. The Balaban J connectivity index is 1.56. The highest BCUT2D eigenvalue weighted by Crippen LogP contribution is 2.27. The summed E-state index contributed by atoms with van der Waals surface area (Å²) >= 11 is 0. The number of hydrogen-bond acceptors (Lipinski definition) is 7. The first-order chi connectivity index (χ1) is 14.5. The molecule has 10 heteroatoms. The summed E-state index contributed by atoms with van der Waals surface area (Å²) in [6.45, 7) is 3.96. The van der Waals surface area contributed by atoms with Crippen LogP contribution in [0.5, 0.6) is 0 Å². The highest BCUT2D eigenvalue weighted by molar-refractivity contribution is 5.61. The van der Waals surface area contributed by atoms with Crippen molar-refractivity contribution in [3.63, 3.8) is 0 Å². The van der Waals surface area contributed by atoms with Crippen molar-refractivity contribution in [3.8, 4) is 17.5 Å². The third kappa shape index (κ3) is 3.78. The summed E-state index contributed by atoms with van der Waals surface area (Å²) in [5.74, 6) is 1.10. The van der Waals surface area contributed by atoms with Crippen LogP contribution in [0.15, 0.2) is 36.9 Å². The van der Waals surface area contributed by atoms with Gasteiger partial charge in [0.1, 0.15) is 17.3 Å². The molecule has 0 aliphatic carbocycles. The van der Waals surface area contributed by atoms with Crippen LogP contribution >= 0.6 is 0 Å². The van der Waals surface area contributed by atoms with E-state index < -0.39 is 6.43 Å². The van der Waals surface area contributed by atoms with E-state index in [1.165, 1.54) is 18.5 Å². The van der Waals surface area contributed by atoms with Crippen LogP contribution in [-0.4, -0.2) is 50.4 Å². The van der Waals surface area contributed by atoms with Crippen LogP contribution in [0.4, 0.5) is 20.3 Å². The fourth-order valence-electron chi connectivity index (χ4n) is 3.57. The van der Waals surface area contributed by atoms with Crippen LogP contribution in [0.3, 0.4) is 0 Å². The number of rotatable bonds is 4. The van der Waals surface area contributed by atoms with Gasteiger partial charge in [0.25, 0.3) is 6.43 Å². The minimum absolute atomic E-state index is 0.0391.